The second-order valence-electron chi connectivity index (χ2n) is 8.42. The lowest BCUT2D eigenvalue weighted by molar-refractivity contribution is -0.129. The Morgan fingerprint density at radius 3 is 2.39 bits per heavy atom. The maximum absolute atomic E-state index is 12.6. The van der Waals surface area contributed by atoms with E-state index in [2.05, 4.69) is 10.2 Å². The van der Waals surface area contributed by atoms with Crippen LogP contribution in [0.4, 0.5) is 4.79 Å². The molecule has 3 heterocycles. The molecule has 1 aromatic carbocycles. The van der Waals surface area contributed by atoms with Gasteiger partial charge in [0.1, 0.15) is 0 Å². The molecule has 2 aliphatic rings. The number of amides is 2. The van der Waals surface area contributed by atoms with Gasteiger partial charge >= 0.3 is 5.24 Å². The van der Waals surface area contributed by atoms with Gasteiger partial charge < -0.3 is 10.6 Å². The highest BCUT2D eigenvalue weighted by atomic mass is 32.2. The van der Waals surface area contributed by atoms with Gasteiger partial charge in [0.25, 0.3) is 10.0 Å². The second kappa shape index (κ2) is 8.96. The van der Waals surface area contributed by atoms with Crippen molar-refractivity contribution < 1.29 is 18.0 Å². The third kappa shape index (κ3) is 4.74. The molecule has 167 valence electrons. The van der Waals surface area contributed by atoms with Crippen LogP contribution in [0, 0.1) is 18.3 Å². The maximum atomic E-state index is 12.6. The summed E-state index contributed by atoms with van der Waals surface area (Å²) in [4.78, 5) is 25.7. The van der Waals surface area contributed by atoms with Crippen LogP contribution in [0.1, 0.15) is 31.2 Å². The van der Waals surface area contributed by atoms with Gasteiger partial charge in [0.15, 0.2) is 0 Å². The predicted molar refractivity (Wildman–Crippen MR) is 116 cm³/mol. The van der Waals surface area contributed by atoms with Crippen LogP contribution in [0.15, 0.2) is 24.4 Å². The monoisotopic (exact) mass is 446 g/mol. The van der Waals surface area contributed by atoms with Gasteiger partial charge in [-0.05, 0) is 61.6 Å². The van der Waals surface area contributed by atoms with E-state index in [1.54, 1.807) is 12.6 Å². The van der Waals surface area contributed by atoms with Crippen molar-refractivity contribution in [1.82, 2.24) is 19.4 Å². The molecule has 31 heavy (non-hydrogen) atoms. The minimum atomic E-state index is -4.00. The van der Waals surface area contributed by atoms with Crippen LogP contribution >= 0.6 is 0 Å². The SMILES string of the molecule is NC(=O)S(=O)(=O)N1CCC(C2CCN(C(=O)[CH]Cc3ccc4[nH]ncc4c3)CC2)CC1. The molecule has 9 nitrogen and oxygen atoms in total. The number of H-pyrrole nitrogens is 1. The van der Waals surface area contributed by atoms with Crippen molar-refractivity contribution in [2.45, 2.75) is 32.1 Å². The lowest BCUT2D eigenvalue weighted by atomic mass is 9.79. The first-order chi connectivity index (χ1) is 14.8. The number of nitrogens with one attached hydrogen (secondary N) is 1. The van der Waals surface area contributed by atoms with E-state index in [1.165, 1.54) is 4.31 Å². The largest absolute Gasteiger partial charge is 0.355 e. The van der Waals surface area contributed by atoms with Gasteiger partial charge in [-0.1, -0.05) is 6.07 Å². The minimum absolute atomic E-state index is 0.0631. The van der Waals surface area contributed by atoms with Crippen LogP contribution < -0.4 is 5.73 Å². The van der Waals surface area contributed by atoms with Gasteiger partial charge in [0.2, 0.25) is 5.91 Å². The van der Waals surface area contributed by atoms with Crippen molar-refractivity contribution in [3.05, 3.63) is 36.4 Å². The van der Waals surface area contributed by atoms with E-state index < -0.39 is 15.3 Å². The fourth-order valence-electron chi connectivity index (χ4n) is 4.76. The number of nitrogens with two attached hydrogens (primary N) is 1. The smallest absolute Gasteiger partial charge is 0.349 e. The molecule has 4 rings (SSSR count). The Morgan fingerprint density at radius 2 is 1.74 bits per heavy atom. The van der Waals surface area contributed by atoms with Crippen LogP contribution in [0.25, 0.3) is 10.9 Å². The number of benzene rings is 1. The summed E-state index contributed by atoms with van der Waals surface area (Å²) in [5, 5.41) is 6.69. The maximum Gasteiger partial charge on any atom is 0.349 e. The van der Waals surface area contributed by atoms with Crippen LogP contribution in [0.3, 0.4) is 0 Å². The van der Waals surface area contributed by atoms with E-state index in [9.17, 15) is 18.0 Å². The number of fused-ring (bicyclic) bond motifs is 1. The lowest BCUT2D eigenvalue weighted by Gasteiger charge is -2.39. The summed E-state index contributed by atoms with van der Waals surface area (Å²) in [5.74, 6) is 0.960. The topological polar surface area (TPSA) is 129 Å². The number of carbonyl (C=O) groups excluding carboxylic acids is 2. The quantitative estimate of drug-likeness (QED) is 0.722. The number of hydrogen-bond acceptors (Lipinski definition) is 5. The van der Waals surface area contributed by atoms with Gasteiger partial charge in [-0.25, -0.2) is 8.42 Å². The zero-order valence-electron chi connectivity index (χ0n) is 17.4. The molecule has 0 saturated carbocycles. The zero-order chi connectivity index (χ0) is 22.0. The molecule has 2 aliphatic heterocycles. The number of piperidine rings is 2. The fraction of sp³-hybridized carbons (Fsp3) is 0.524. The Hall–Kier alpha value is -2.46. The van der Waals surface area contributed by atoms with Crippen molar-refractivity contribution in [3.63, 3.8) is 0 Å². The summed E-state index contributed by atoms with van der Waals surface area (Å²) in [6.45, 7) is 2.12. The van der Waals surface area contributed by atoms with Crippen LogP contribution in [0.5, 0.6) is 0 Å². The number of hydrogen-bond donors (Lipinski definition) is 2. The van der Waals surface area contributed by atoms with Crippen molar-refractivity contribution >= 4 is 32.1 Å². The number of primary amides is 1. The van der Waals surface area contributed by atoms with Crippen molar-refractivity contribution in [3.8, 4) is 0 Å². The van der Waals surface area contributed by atoms with E-state index in [-0.39, 0.29) is 5.91 Å². The summed E-state index contributed by atoms with van der Waals surface area (Å²) in [6.07, 6.45) is 7.42. The van der Waals surface area contributed by atoms with Crippen molar-refractivity contribution in [2.75, 3.05) is 26.2 Å². The van der Waals surface area contributed by atoms with E-state index in [4.69, 9.17) is 5.73 Å². The number of likely N-dealkylation sites (tertiary alicyclic amines) is 1. The highest BCUT2D eigenvalue weighted by molar-refractivity contribution is 8.03. The van der Waals surface area contributed by atoms with E-state index in [0.29, 0.717) is 31.3 Å². The normalized spacial score (nSPS) is 19.7. The summed E-state index contributed by atoms with van der Waals surface area (Å²) >= 11 is 0. The molecule has 0 bridgehead atoms. The fourth-order valence-corrected chi connectivity index (χ4v) is 5.71. The van der Waals surface area contributed by atoms with E-state index in [0.717, 1.165) is 55.2 Å². The molecular weight excluding hydrogens is 418 g/mol. The molecule has 2 fully saturated rings. The first-order valence-electron chi connectivity index (χ1n) is 10.7. The zero-order valence-corrected chi connectivity index (χ0v) is 18.2. The molecule has 0 unspecified atom stereocenters. The second-order valence-corrected chi connectivity index (χ2v) is 10.3. The van der Waals surface area contributed by atoms with Crippen molar-refractivity contribution in [1.29, 1.82) is 0 Å². The summed E-state index contributed by atoms with van der Waals surface area (Å²) < 4.78 is 25.0. The van der Waals surface area contributed by atoms with Crippen LogP contribution in [-0.4, -0.2) is 65.1 Å². The van der Waals surface area contributed by atoms with Crippen LogP contribution in [0.2, 0.25) is 0 Å². The van der Waals surface area contributed by atoms with E-state index in [1.807, 2.05) is 23.1 Å². The van der Waals surface area contributed by atoms with Gasteiger partial charge in [0.05, 0.1) is 18.1 Å². The molecular formula is C21H28N5O4S. The Kier molecular flexibility index (Phi) is 6.29. The molecule has 3 N–H and O–H groups in total. The lowest BCUT2D eigenvalue weighted by Crippen LogP contribution is -2.46. The number of aromatic nitrogens is 2. The average Bonchev–Trinajstić information content (AvgIpc) is 3.25. The van der Waals surface area contributed by atoms with Crippen LogP contribution in [-0.2, 0) is 21.2 Å². The molecule has 2 saturated heterocycles. The third-order valence-electron chi connectivity index (χ3n) is 6.63. The Morgan fingerprint density at radius 1 is 1.10 bits per heavy atom. The third-order valence-corrected chi connectivity index (χ3v) is 8.18. The summed E-state index contributed by atoms with van der Waals surface area (Å²) in [5.41, 5.74) is 7.05. The number of sulfonamides is 1. The predicted octanol–water partition coefficient (Wildman–Crippen LogP) is 1.67. The highest BCUT2D eigenvalue weighted by Gasteiger charge is 2.35. The Bertz CT molecular complexity index is 1050. The number of carbonyl (C=O) groups is 2. The molecule has 0 atom stereocenters. The molecule has 2 amide bonds. The Labute approximate surface area is 182 Å². The Balaban J connectivity index is 1.22. The minimum Gasteiger partial charge on any atom is -0.355 e. The molecule has 1 radical (unpaired) electrons. The number of nitrogens with zero attached hydrogens (tertiary/aromatic N) is 3. The summed E-state index contributed by atoms with van der Waals surface area (Å²) in [6, 6.07) is 6.02. The average molecular weight is 447 g/mol. The molecule has 0 aliphatic carbocycles. The van der Waals surface area contributed by atoms with Gasteiger partial charge in [-0.2, -0.15) is 9.40 Å². The number of rotatable bonds is 5. The van der Waals surface area contributed by atoms with Gasteiger partial charge in [-0.3, -0.25) is 14.7 Å². The molecule has 10 heteroatoms. The van der Waals surface area contributed by atoms with Gasteiger partial charge in [0, 0.05) is 31.6 Å². The standard InChI is InChI=1S/C21H28N5O4S/c22-21(28)31(29,30)26-11-7-17(8-12-26)16-5-9-25(10-6-16)20(27)4-2-15-1-3-19-18(13-15)14-23-24-19/h1,3-4,13-14,16-17H,2,5-12H2,(H2,22,28)(H,23,24). The highest BCUT2D eigenvalue weighted by Crippen LogP contribution is 2.33. The van der Waals surface area contributed by atoms with Gasteiger partial charge in [-0.15, -0.1) is 0 Å². The number of aromatic amines is 1. The summed E-state index contributed by atoms with van der Waals surface area (Å²) in [7, 11) is -4.00. The molecule has 1 aromatic heterocycles. The van der Waals surface area contributed by atoms with Crippen molar-refractivity contribution in [2.24, 2.45) is 17.6 Å². The first kappa shape index (κ1) is 21.8. The van der Waals surface area contributed by atoms with E-state index >= 15 is 0 Å². The molecule has 0 spiro atoms. The molecule has 2 aromatic rings. The first-order valence-corrected chi connectivity index (χ1v) is 12.1.